The number of rotatable bonds is 6. The van der Waals surface area contributed by atoms with Crippen LogP contribution in [0, 0.1) is 0 Å². The first-order valence-electron chi connectivity index (χ1n) is 6.64. The molecule has 0 fully saturated rings. The maximum Gasteiger partial charge on any atom is 0.0984 e. The van der Waals surface area contributed by atoms with Crippen molar-refractivity contribution in [2.45, 2.75) is 12.1 Å². The molecule has 0 bridgehead atoms. The van der Waals surface area contributed by atoms with Crippen LogP contribution >= 0.6 is 11.6 Å². The average Bonchev–Trinajstić information content (AvgIpc) is 2.50. The molecule has 0 unspecified atom stereocenters. The predicted octanol–water partition coefficient (Wildman–Crippen LogP) is 2.66. The van der Waals surface area contributed by atoms with Crippen LogP contribution in [-0.4, -0.2) is 18.2 Å². The van der Waals surface area contributed by atoms with Crippen LogP contribution in [0.15, 0.2) is 54.6 Å². The van der Waals surface area contributed by atoms with Crippen LogP contribution in [0.2, 0.25) is 5.02 Å². The Morgan fingerprint density at radius 3 is 2.25 bits per heavy atom. The molecule has 0 heterocycles. The Balaban J connectivity index is 2.25. The second-order valence-corrected chi connectivity index (χ2v) is 5.06. The summed E-state index contributed by atoms with van der Waals surface area (Å²) in [6.45, 7) is 1.16. The zero-order valence-corrected chi connectivity index (χ0v) is 11.9. The number of benzene rings is 2. The van der Waals surface area contributed by atoms with E-state index in [2.05, 4.69) is 5.32 Å². The van der Waals surface area contributed by atoms with Crippen LogP contribution in [0.5, 0.6) is 0 Å². The van der Waals surface area contributed by atoms with Gasteiger partial charge >= 0.3 is 0 Å². The minimum atomic E-state index is -0.635. The minimum absolute atomic E-state index is 0.210. The molecule has 0 aliphatic heterocycles. The molecule has 0 radical (unpaired) electrons. The summed E-state index contributed by atoms with van der Waals surface area (Å²) in [5.74, 6) is 0. The fourth-order valence-corrected chi connectivity index (χ4v) is 2.29. The molecule has 2 aromatic rings. The normalized spacial score (nSPS) is 13.9. The first kappa shape index (κ1) is 15.0. The van der Waals surface area contributed by atoms with Gasteiger partial charge in [0.05, 0.1) is 12.1 Å². The highest BCUT2D eigenvalue weighted by Crippen LogP contribution is 2.29. The van der Waals surface area contributed by atoms with Gasteiger partial charge in [-0.15, -0.1) is 0 Å². The maximum atomic E-state index is 10.6. The lowest BCUT2D eigenvalue weighted by Gasteiger charge is -2.25. The standard InChI is InChI=1S/C16H19ClN2O/c17-14-8-6-12(7-9-14)15(19-11-10-18)16(20)13-4-2-1-3-5-13/h1-9,15-16,19-20H,10-11,18H2/t15-,16+/m0/s1. The van der Waals surface area contributed by atoms with Gasteiger partial charge in [-0.05, 0) is 23.3 Å². The monoisotopic (exact) mass is 290 g/mol. The third kappa shape index (κ3) is 3.81. The second kappa shape index (κ2) is 7.41. The topological polar surface area (TPSA) is 58.3 Å². The Bertz CT molecular complexity index is 516. The zero-order valence-electron chi connectivity index (χ0n) is 11.2. The Kier molecular flexibility index (Phi) is 5.56. The molecule has 4 heteroatoms. The summed E-state index contributed by atoms with van der Waals surface area (Å²) in [6.07, 6.45) is -0.635. The van der Waals surface area contributed by atoms with E-state index in [-0.39, 0.29) is 6.04 Å². The van der Waals surface area contributed by atoms with Gasteiger partial charge in [-0.3, -0.25) is 0 Å². The van der Waals surface area contributed by atoms with Crippen LogP contribution in [0.4, 0.5) is 0 Å². The van der Waals surface area contributed by atoms with Crippen molar-refractivity contribution in [3.8, 4) is 0 Å². The van der Waals surface area contributed by atoms with Crippen molar-refractivity contribution < 1.29 is 5.11 Å². The molecular formula is C16H19ClN2O. The molecule has 0 amide bonds. The zero-order chi connectivity index (χ0) is 14.4. The third-order valence-corrected chi connectivity index (χ3v) is 3.45. The molecular weight excluding hydrogens is 272 g/mol. The molecule has 2 aromatic carbocycles. The summed E-state index contributed by atoms with van der Waals surface area (Å²) >= 11 is 5.91. The van der Waals surface area contributed by atoms with Gasteiger partial charge in [0.25, 0.3) is 0 Å². The molecule has 0 saturated carbocycles. The Morgan fingerprint density at radius 2 is 1.65 bits per heavy atom. The van der Waals surface area contributed by atoms with E-state index in [9.17, 15) is 5.11 Å². The highest BCUT2D eigenvalue weighted by Gasteiger charge is 2.21. The Labute approximate surface area is 124 Å². The van der Waals surface area contributed by atoms with Crippen LogP contribution in [0.3, 0.4) is 0 Å². The lowest BCUT2D eigenvalue weighted by atomic mass is 9.96. The van der Waals surface area contributed by atoms with Crippen LogP contribution in [-0.2, 0) is 0 Å². The highest BCUT2D eigenvalue weighted by molar-refractivity contribution is 6.30. The van der Waals surface area contributed by atoms with E-state index in [1.165, 1.54) is 0 Å². The van der Waals surface area contributed by atoms with Gasteiger partial charge in [-0.2, -0.15) is 0 Å². The Morgan fingerprint density at radius 1 is 1.00 bits per heavy atom. The van der Waals surface area contributed by atoms with Crippen molar-refractivity contribution in [3.63, 3.8) is 0 Å². The second-order valence-electron chi connectivity index (χ2n) is 4.63. The van der Waals surface area contributed by atoms with Crippen molar-refractivity contribution in [1.82, 2.24) is 5.32 Å². The first-order chi connectivity index (χ1) is 9.72. The fraction of sp³-hybridized carbons (Fsp3) is 0.250. The van der Waals surface area contributed by atoms with Gasteiger partial charge in [0.1, 0.15) is 0 Å². The number of nitrogens with one attached hydrogen (secondary N) is 1. The van der Waals surface area contributed by atoms with Gasteiger partial charge in [0.2, 0.25) is 0 Å². The Hall–Kier alpha value is -1.39. The smallest absolute Gasteiger partial charge is 0.0984 e. The van der Waals surface area contributed by atoms with E-state index < -0.39 is 6.10 Å². The molecule has 3 nitrogen and oxygen atoms in total. The van der Waals surface area contributed by atoms with E-state index >= 15 is 0 Å². The maximum absolute atomic E-state index is 10.6. The van der Waals surface area contributed by atoms with Crippen molar-refractivity contribution >= 4 is 11.6 Å². The van der Waals surface area contributed by atoms with E-state index in [4.69, 9.17) is 17.3 Å². The summed E-state index contributed by atoms with van der Waals surface area (Å²) in [7, 11) is 0. The molecule has 4 N–H and O–H groups in total. The first-order valence-corrected chi connectivity index (χ1v) is 7.02. The molecule has 2 atom stereocenters. The largest absolute Gasteiger partial charge is 0.386 e. The lowest BCUT2D eigenvalue weighted by Crippen LogP contribution is -2.31. The van der Waals surface area contributed by atoms with Crippen molar-refractivity contribution in [2.75, 3.05) is 13.1 Å². The quantitative estimate of drug-likeness (QED) is 0.766. The molecule has 20 heavy (non-hydrogen) atoms. The van der Waals surface area contributed by atoms with E-state index in [0.29, 0.717) is 18.1 Å². The van der Waals surface area contributed by atoms with E-state index in [0.717, 1.165) is 11.1 Å². The summed E-state index contributed by atoms with van der Waals surface area (Å²) in [6, 6.07) is 16.9. The third-order valence-electron chi connectivity index (χ3n) is 3.19. The molecule has 0 spiro atoms. The molecule has 0 aliphatic rings. The number of aliphatic hydroxyl groups is 1. The molecule has 2 rings (SSSR count). The summed E-state index contributed by atoms with van der Waals surface area (Å²) in [4.78, 5) is 0. The van der Waals surface area contributed by atoms with Crippen LogP contribution < -0.4 is 11.1 Å². The van der Waals surface area contributed by atoms with E-state index in [1.54, 1.807) is 0 Å². The van der Waals surface area contributed by atoms with Gasteiger partial charge < -0.3 is 16.2 Å². The molecule has 0 saturated heterocycles. The van der Waals surface area contributed by atoms with Crippen LogP contribution in [0.1, 0.15) is 23.3 Å². The van der Waals surface area contributed by atoms with Crippen molar-refractivity contribution in [1.29, 1.82) is 0 Å². The summed E-state index contributed by atoms with van der Waals surface area (Å²) < 4.78 is 0. The number of aliphatic hydroxyl groups excluding tert-OH is 1. The van der Waals surface area contributed by atoms with Crippen LogP contribution in [0.25, 0.3) is 0 Å². The molecule has 0 aromatic heterocycles. The average molecular weight is 291 g/mol. The number of hydrogen-bond acceptors (Lipinski definition) is 3. The number of hydrogen-bond donors (Lipinski definition) is 3. The number of nitrogens with two attached hydrogens (primary N) is 1. The minimum Gasteiger partial charge on any atom is -0.386 e. The predicted molar refractivity (Wildman–Crippen MR) is 82.7 cm³/mol. The SMILES string of the molecule is NCCN[C@@H](c1ccc(Cl)cc1)[C@H](O)c1ccccc1. The van der Waals surface area contributed by atoms with Gasteiger partial charge in [0, 0.05) is 18.1 Å². The van der Waals surface area contributed by atoms with Crippen molar-refractivity contribution in [3.05, 3.63) is 70.7 Å². The van der Waals surface area contributed by atoms with Gasteiger partial charge in [0.15, 0.2) is 0 Å². The lowest BCUT2D eigenvalue weighted by molar-refractivity contribution is 0.129. The van der Waals surface area contributed by atoms with Crippen molar-refractivity contribution in [2.24, 2.45) is 5.73 Å². The molecule has 0 aliphatic carbocycles. The van der Waals surface area contributed by atoms with Gasteiger partial charge in [-0.1, -0.05) is 54.1 Å². The van der Waals surface area contributed by atoms with E-state index in [1.807, 2.05) is 54.6 Å². The fourth-order valence-electron chi connectivity index (χ4n) is 2.16. The summed E-state index contributed by atoms with van der Waals surface area (Å²) in [5.41, 5.74) is 7.41. The molecule has 106 valence electrons. The summed E-state index contributed by atoms with van der Waals surface area (Å²) in [5, 5.41) is 14.6. The van der Waals surface area contributed by atoms with Gasteiger partial charge in [-0.25, -0.2) is 0 Å². The highest BCUT2D eigenvalue weighted by atomic mass is 35.5. The number of halogens is 1.